The highest BCUT2D eigenvalue weighted by atomic mass is 16.5. The van der Waals surface area contributed by atoms with Crippen LogP contribution < -0.4 is 0 Å². The molecule has 1 spiro atoms. The zero-order valence-corrected chi connectivity index (χ0v) is 12.7. The van der Waals surface area contributed by atoms with Gasteiger partial charge >= 0.3 is 5.97 Å². The van der Waals surface area contributed by atoms with Crippen molar-refractivity contribution in [1.82, 2.24) is 0 Å². The fraction of sp³-hybridized carbons (Fsp3) is 0.875. The molecule has 2 saturated carbocycles. The number of hydrogen-bond donors (Lipinski definition) is 0. The van der Waals surface area contributed by atoms with Crippen molar-refractivity contribution in [3.05, 3.63) is 0 Å². The molecule has 0 N–H and O–H groups in total. The Hall–Kier alpha value is -0.860. The van der Waals surface area contributed by atoms with E-state index < -0.39 is 10.8 Å². The van der Waals surface area contributed by atoms with Crippen molar-refractivity contribution in [2.75, 3.05) is 6.61 Å². The maximum atomic E-state index is 12.7. The molecule has 0 unspecified atom stereocenters. The van der Waals surface area contributed by atoms with E-state index in [2.05, 4.69) is 0 Å². The molecule has 0 aliphatic heterocycles. The zero-order chi connectivity index (χ0) is 14.3. The number of hydrogen-bond acceptors (Lipinski definition) is 3. The molecule has 0 amide bonds. The number of Topliss-reactive ketones (excluding diaryl/α,β-unsaturated/α-hetero) is 1. The molecule has 0 saturated heterocycles. The van der Waals surface area contributed by atoms with Crippen molar-refractivity contribution in [3.63, 3.8) is 0 Å². The van der Waals surface area contributed by atoms with Gasteiger partial charge in [-0.25, -0.2) is 0 Å². The van der Waals surface area contributed by atoms with Gasteiger partial charge in [0.05, 0.1) is 6.61 Å². The maximum absolute atomic E-state index is 12.7. The number of ketones is 1. The molecular formula is C16H26O3. The Morgan fingerprint density at radius 3 is 2.05 bits per heavy atom. The topological polar surface area (TPSA) is 43.4 Å². The molecule has 2 aliphatic carbocycles. The van der Waals surface area contributed by atoms with Crippen LogP contribution >= 0.6 is 0 Å². The van der Waals surface area contributed by atoms with E-state index in [0.29, 0.717) is 6.61 Å². The van der Waals surface area contributed by atoms with Gasteiger partial charge in [0, 0.05) is 5.41 Å². The number of esters is 1. The Kier molecular flexibility index (Phi) is 3.53. The van der Waals surface area contributed by atoms with E-state index in [-0.39, 0.29) is 17.2 Å². The SMILES string of the molecule is CCOC(=O)C1(C(=O)C(C)(C)C)CC2(CCCC2)C1. The van der Waals surface area contributed by atoms with Crippen LogP contribution in [-0.2, 0) is 14.3 Å². The fourth-order valence-electron chi connectivity index (χ4n) is 4.09. The lowest BCUT2D eigenvalue weighted by Gasteiger charge is -2.53. The highest BCUT2D eigenvalue weighted by molar-refractivity contribution is 6.07. The second-order valence-corrected chi connectivity index (χ2v) is 7.44. The molecule has 3 nitrogen and oxygen atoms in total. The largest absolute Gasteiger partial charge is 0.465 e. The highest BCUT2D eigenvalue weighted by Crippen LogP contribution is 2.64. The smallest absolute Gasteiger partial charge is 0.319 e. The van der Waals surface area contributed by atoms with E-state index >= 15 is 0 Å². The summed E-state index contributed by atoms with van der Waals surface area (Å²) in [6, 6.07) is 0. The van der Waals surface area contributed by atoms with Crippen molar-refractivity contribution in [2.24, 2.45) is 16.2 Å². The molecule has 2 fully saturated rings. The molecule has 2 rings (SSSR count). The predicted molar refractivity (Wildman–Crippen MR) is 73.7 cm³/mol. The first kappa shape index (κ1) is 14.5. The summed E-state index contributed by atoms with van der Waals surface area (Å²) in [6.07, 6.45) is 6.26. The Labute approximate surface area is 116 Å². The Balaban J connectivity index is 2.22. The molecule has 2 aliphatic rings. The Morgan fingerprint density at radius 2 is 1.63 bits per heavy atom. The summed E-state index contributed by atoms with van der Waals surface area (Å²) in [6.45, 7) is 7.85. The van der Waals surface area contributed by atoms with Crippen LogP contribution in [0.1, 0.15) is 66.2 Å². The first-order valence-electron chi connectivity index (χ1n) is 7.48. The second kappa shape index (κ2) is 4.60. The van der Waals surface area contributed by atoms with Gasteiger partial charge in [-0.3, -0.25) is 9.59 Å². The Morgan fingerprint density at radius 1 is 1.11 bits per heavy atom. The van der Waals surface area contributed by atoms with Crippen LogP contribution in [0.25, 0.3) is 0 Å². The maximum Gasteiger partial charge on any atom is 0.319 e. The Bertz CT molecular complexity index is 375. The molecule has 3 heteroatoms. The highest BCUT2D eigenvalue weighted by Gasteiger charge is 2.65. The monoisotopic (exact) mass is 266 g/mol. The zero-order valence-electron chi connectivity index (χ0n) is 12.7. The van der Waals surface area contributed by atoms with Gasteiger partial charge in [-0.05, 0) is 38.0 Å². The standard InChI is InChI=1S/C16H26O3/c1-5-19-13(18)16(12(17)14(2,3)4)10-15(11-16)8-6-7-9-15/h5-11H2,1-4H3. The lowest BCUT2D eigenvalue weighted by Crippen LogP contribution is -2.58. The van der Waals surface area contributed by atoms with Gasteiger partial charge in [-0.1, -0.05) is 33.6 Å². The molecule has 0 aromatic heterocycles. The fourth-order valence-corrected chi connectivity index (χ4v) is 4.09. The third-order valence-corrected chi connectivity index (χ3v) is 4.80. The van der Waals surface area contributed by atoms with Gasteiger partial charge < -0.3 is 4.74 Å². The summed E-state index contributed by atoms with van der Waals surface area (Å²) in [5, 5.41) is 0. The first-order chi connectivity index (χ1) is 8.76. The molecule has 19 heavy (non-hydrogen) atoms. The molecule has 0 heterocycles. The van der Waals surface area contributed by atoms with Crippen molar-refractivity contribution < 1.29 is 14.3 Å². The molecule has 108 valence electrons. The van der Waals surface area contributed by atoms with Crippen LogP contribution in [0.4, 0.5) is 0 Å². The van der Waals surface area contributed by atoms with E-state index in [0.717, 1.165) is 12.8 Å². The summed E-state index contributed by atoms with van der Waals surface area (Å²) in [4.78, 5) is 25.1. The van der Waals surface area contributed by atoms with Gasteiger partial charge in [-0.15, -0.1) is 0 Å². The summed E-state index contributed by atoms with van der Waals surface area (Å²) >= 11 is 0. The van der Waals surface area contributed by atoms with Crippen molar-refractivity contribution >= 4 is 11.8 Å². The number of ether oxygens (including phenoxy) is 1. The van der Waals surface area contributed by atoms with E-state index in [1.165, 1.54) is 25.7 Å². The number of carbonyl (C=O) groups excluding carboxylic acids is 2. The minimum absolute atomic E-state index is 0.0657. The van der Waals surface area contributed by atoms with Crippen molar-refractivity contribution in [1.29, 1.82) is 0 Å². The predicted octanol–water partition coefficient (Wildman–Crippen LogP) is 3.51. The average molecular weight is 266 g/mol. The molecule has 0 atom stereocenters. The summed E-state index contributed by atoms with van der Waals surface area (Å²) in [7, 11) is 0. The quantitative estimate of drug-likeness (QED) is 0.580. The van der Waals surface area contributed by atoms with Gasteiger partial charge in [0.1, 0.15) is 5.41 Å². The van der Waals surface area contributed by atoms with Crippen LogP contribution in [0.15, 0.2) is 0 Å². The third-order valence-electron chi connectivity index (χ3n) is 4.80. The molecular weight excluding hydrogens is 240 g/mol. The van der Waals surface area contributed by atoms with Gasteiger partial charge in [0.25, 0.3) is 0 Å². The van der Waals surface area contributed by atoms with Crippen molar-refractivity contribution in [2.45, 2.75) is 66.2 Å². The lowest BCUT2D eigenvalue weighted by atomic mass is 9.48. The second-order valence-electron chi connectivity index (χ2n) is 7.44. The van der Waals surface area contributed by atoms with Crippen LogP contribution in [0, 0.1) is 16.2 Å². The summed E-state index contributed by atoms with van der Waals surface area (Å²) in [5.41, 5.74) is -1.07. The molecule has 0 bridgehead atoms. The van der Waals surface area contributed by atoms with E-state index in [1.54, 1.807) is 6.92 Å². The van der Waals surface area contributed by atoms with Gasteiger partial charge in [0.15, 0.2) is 5.78 Å². The van der Waals surface area contributed by atoms with Gasteiger partial charge in [-0.2, -0.15) is 0 Å². The van der Waals surface area contributed by atoms with Crippen LogP contribution in [0.5, 0.6) is 0 Å². The number of carbonyl (C=O) groups is 2. The molecule has 0 aromatic carbocycles. The van der Waals surface area contributed by atoms with Crippen LogP contribution in [-0.4, -0.2) is 18.4 Å². The minimum atomic E-state index is -0.849. The van der Waals surface area contributed by atoms with Gasteiger partial charge in [0.2, 0.25) is 0 Å². The summed E-state index contributed by atoms with van der Waals surface area (Å²) in [5.74, 6) is -0.219. The lowest BCUT2D eigenvalue weighted by molar-refractivity contribution is -0.181. The normalized spacial score (nSPS) is 24.0. The van der Waals surface area contributed by atoms with Crippen LogP contribution in [0.3, 0.4) is 0 Å². The van der Waals surface area contributed by atoms with Crippen LogP contribution in [0.2, 0.25) is 0 Å². The minimum Gasteiger partial charge on any atom is -0.465 e. The van der Waals surface area contributed by atoms with Crippen molar-refractivity contribution in [3.8, 4) is 0 Å². The van der Waals surface area contributed by atoms with E-state index in [9.17, 15) is 9.59 Å². The van der Waals surface area contributed by atoms with E-state index in [1.807, 2.05) is 20.8 Å². The third kappa shape index (κ3) is 2.32. The number of rotatable bonds is 3. The summed E-state index contributed by atoms with van der Waals surface area (Å²) < 4.78 is 5.21. The van der Waals surface area contributed by atoms with E-state index in [4.69, 9.17) is 4.74 Å². The average Bonchev–Trinajstić information content (AvgIpc) is 2.73. The molecule has 0 aromatic rings. The molecule has 0 radical (unpaired) electrons. The first-order valence-corrected chi connectivity index (χ1v) is 7.48.